The van der Waals surface area contributed by atoms with E-state index in [4.69, 9.17) is 0 Å². The molecule has 4 nitrogen and oxygen atoms in total. The van der Waals surface area contributed by atoms with E-state index in [2.05, 4.69) is 35.8 Å². The fourth-order valence-corrected chi connectivity index (χ4v) is 1.50. The second-order valence-electron chi connectivity index (χ2n) is 4.53. The molecule has 0 unspecified atom stereocenters. The van der Waals surface area contributed by atoms with Gasteiger partial charge in [0.15, 0.2) is 0 Å². The molecule has 0 spiro atoms. The van der Waals surface area contributed by atoms with Crippen LogP contribution in [0.5, 0.6) is 0 Å². The SMILES string of the molecule is CC(C)CNCc1cnc(N(C)C)n1C. The normalized spacial score (nSPS) is 11.1. The number of rotatable bonds is 5. The van der Waals surface area contributed by atoms with Gasteiger partial charge in [0.2, 0.25) is 5.95 Å². The van der Waals surface area contributed by atoms with Crippen molar-refractivity contribution in [2.24, 2.45) is 13.0 Å². The molecule has 0 fully saturated rings. The van der Waals surface area contributed by atoms with Crippen LogP contribution in [0.15, 0.2) is 6.20 Å². The van der Waals surface area contributed by atoms with Crippen LogP contribution >= 0.6 is 0 Å². The van der Waals surface area contributed by atoms with Crippen LogP contribution in [-0.4, -0.2) is 30.2 Å². The van der Waals surface area contributed by atoms with Gasteiger partial charge in [-0.2, -0.15) is 0 Å². The molecule has 0 bridgehead atoms. The van der Waals surface area contributed by atoms with E-state index >= 15 is 0 Å². The summed E-state index contributed by atoms with van der Waals surface area (Å²) < 4.78 is 2.12. The smallest absolute Gasteiger partial charge is 0.204 e. The van der Waals surface area contributed by atoms with Gasteiger partial charge in [-0.05, 0) is 12.5 Å². The van der Waals surface area contributed by atoms with Crippen molar-refractivity contribution in [3.63, 3.8) is 0 Å². The molecule has 0 aromatic carbocycles. The van der Waals surface area contributed by atoms with Crippen LogP contribution in [0.25, 0.3) is 0 Å². The number of hydrogen-bond acceptors (Lipinski definition) is 3. The zero-order valence-corrected chi connectivity index (χ0v) is 10.4. The lowest BCUT2D eigenvalue weighted by Gasteiger charge is -2.13. The first-order chi connectivity index (χ1) is 7.02. The Morgan fingerprint density at radius 2 is 2.13 bits per heavy atom. The van der Waals surface area contributed by atoms with Crippen LogP contribution < -0.4 is 10.2 Å². The minimum atomic E-state index is 0.687. The maximum atomic E-state index is 4.36. The third-order valence-electron chi connectivity index (χ3n) is 2.32. The van der Waals surface area contributed by atoms with Gasteiger partial charge in [0.05, 0.1) is 11.9 Å². The molecule has 0 radical (unpaired) electrons. The Morgan fingerprint density at radius 3 is 2.60 bits per heavy atom. The van der Waals surface area contributed by atoms with Crippen molar-refractivity contribution in [3.8, 4) is 0 Å². The van der Waals surface area contributed by atoms with E-state index in [1.54, 1.807) is 0 Å². The van der Waals surface area contributed by atoms with Crippen molar-refractivity contribution in [2.75, 3.05) is 25.5 Å². The summed E-state index contributed by atoms with van der Waals surface area (Å²) in [5, 5.41) is 3.41. The Bertz CT molecular complexity index is 302. The number of anilines is 1. The number of hydrogen-bond donors (Lipinski definition) is 1. The molecule has 1 rings (SSSR count). The Balaban J connectivity index is 2.55. The molecule has 0 aliphatic rings. The highest BCUT2D eigenvalue weighted by Gasteiger charge is 2.07. The lowest BCUT2D eigenvalue weighted by atomic mass is 10.2. The summed E-state index contributed by atoms with van der Waals surface area (Å²) in [6.45, 7) is 6.35. The van der Waals surface area contributed by atoms with E-state index in [1.165, 1.54) is 5.69 Å². The Labute approximate surface area is 92.3 Å². The topological polar surface area (TPSA) is 33.1 Å². The van der Waals surface area contributed by atoms with Gasteiger partial charge >= 0.3 is 0 Å². The van der Waals surface area contributed by atoms with Crippen LogP contribution in [0.4, 0.5) is 5.95 Å². The lowest BCUT2D eigenvalue weighted by molar-refractivity contribution is 0.542. The van der Waals surface area contributed by atoms with Gasteiger partial charge in [0.1, 0.15) is 0 Å². The van der Waals surface area contributed by atoms with Crippen LogP contribution in [-0.2, 0) is 13.6 Å². The lowest BCUT2D eigenvalue weighted by Crippen LogP contribution is -2.21. The molecular weight excluding hydrogens is 188 g/mol. The Morgan fingerprint density at radius 1 is 1.47 bits per heavy atom. The summed E-state index contributed by atoms with van der Waals surface area (Å²) in [6, 6.07) is 0. The summed E-state index contributed by atoms with van der Waals surface area (Å²) in [5.74, 6) is 1.68. The average Bonchev–Trinajstić information content (AvgIpc) is 2.47. The minimum Gasteiger partial charge on any atom is -0.348 e. The molecule has 86 valence electrons. The third kappa shape index (κ3) is 3.23. The minimum absolute atomic E-state index is 0.687. The zero-order chi connectivity index (χ0) is 11.4. The fourth-order valence-electron chi connectivity index (χ4n) is 1.50. The first kappa shape index (κ1) is 12.0. The highest BCUT2D eigenvalue weighted by Crippen LogP contribution is 2.10. The highest BCUT2D eigenvalue weighted by molar-refractivity contribution is 5.30. The third-order valence-corrected chi connectivity index (χ3v) is 2.32. The van der Waals surface area contributed by atoms with Gasteiger partial charge in [-0.15, -0.1) is 0 Å². The molecule has 0 saturated carbocycles. The van der Waals surface area contributed by atoms with E-state index in [1.807, 2.05) is 25.2 Å². The van der Waals surface area contributed by atoms with Crippen LogP contribution in [0.1, 0.15) is 19.5 Å². The van der Waals surface area contributed by atoms with Gasteiger partial charge in [-0.3, -0.25) is 0 Å². The monoisotopic (exact) mass is 210 g/mol. The number of imidazole rings is 1. The molecule has 15 heavy (non-hydrogen) atoms. The molecule has 0 aliphatic heterocycles. The van der Waals surface area contributed by atoms with Crippen molar-refractivity contribution in [1.82, 2.24) is 14.9 Å². The second kappa shape index (κ2) is 5.16. The van der Waals surface area contributed by atoms with E-state index in [0.717, 1.165) is 19.0 Å². The van der Waals surface area contributed by atoms with Crippen LogP contribution in [0.3, 0.4) is 0 Å². The molecular formula is C11H22N4. The van der Waals surface area contributed by atoms with E-state index in [9.17, 15) is 0 Å². The van der Waals surface area contributed by atoms with Gasteiger partial charge in [-0.1, -0.05) is 13.8 Å². The van der Waals surface area contributed by atoms with Crippen molar-refractivity contribution >= 4 is 5.95 Å². The molecule has 0 aliphatic carbocycles. The summed E-state index contributed by atoms with van der Waals surface area (Å²) in [7, 11) is 6.07. The van der Waals surface area contributed by atoms with Gasteiger partial charge in [-0.25, -0.2) is 4.98 Å². The summed E-state index contributed by atoms with van der Waals surface area (Å²) in [6.07, 6.45) is 1.93. The van der Waals surface area contributed by atoms with Crippen molar-refractivity contribution in [1.29, 1.82) is 0 Å². The molecule has 1 aromatic heterocycles. The van der Waals surface area contributed by atoms with E-state index < -0.39 is 0 Å². The number of aromatic nitrogens is 2. The maximum Gasteiger partial charge on any atom is 0.204 e. The molecule has 1 aromatic rings. The quantitative estimate of drug-likeness (QED) is 0.793. The predicted molar refractivity (Wildman–Crippen MR) is 64.1 cm³/mol. The highest BCUT2D eigenvalue weighted by atomic mass is 15.3. The first-order valence-corrected chi connectivity index (χ1v) is 5.41. The van der Waals surface area contributed by atoms with Crippen molar-refractivity contribution in [2.45, 2.75) is 20.4 Å². The molecule has 1 N–H and O–H groups in total. The summed E-state index contributed by atoms with van der Waals surface area (Å²) in [4.78, 5) is 6.38. The molecule has 0 amide bonds. The van der Waals surface area contributed by atoms with E-state index in [-0.39, 0.29) is 0 Å². The van der Waals surface area contributed by atoms with Crippen LogP contribution in [0, 0.1) is 5.92 Å². The maximum absolute atomic E-state index is 4.36. The predicted octanol–water partition coefficient (Wildman–Crippen LogP) is 1.23. The molecule has 0 saturated heterocycles. The zero-order valence-electron chi connectivity index (χ0n) is 10.4. The van der Waals surface area contributed by atoms with Gasteiger partial charge in [0.25, 0.3) is 0 Å². The number of nitrogens with one attached hydrogen (secondary N) is 1. The molecule has 4 heteroatoms. The molecule has 0 atom stereocenters. The summed E-state index contributed by atoms with van der Waals surface area (Å²) >= 11 is 0. The van der Waals surface area contributed by atoms with Gasteiger partial charge in [0, 0.05) is 27.7 Å². The Hall–Kier alpha value is -1.03. The standard InChI is InChI=1S/C11H22N4/c1-9(2)6-12-7-10-8-13-11(14(3)4)15(10)5/h8-9,12H,6-7H2,1-5H3. The van der Waals surface area contributed by atoms with Crippen molar-refractivity contribution < 1.29 is 0 Å². The summed E-state index contributed by atoms with van der Waals surface area (Å²) in [5.41, 5.74) is 1.22. The first-order valence-electron chi connectivity index (χ1n) is 5.41. The second-order valence-corrected chi connectivity index (χ2v) is 4.53. The largest absolute Gasteiger partial charge is 0.348 e. The van der Waals surface area contributed by atoms with Crippen molar-refractivity contribution in [3.05, 3.63) is 11.9 Å². The molecule has 1 heterocycles. The Kier molecular flexibility index (Phi) is 4.15. The van der Waals surface area contributed by atoms with E-state index in [0.29, 0.717) is 5.92 Å². The fraction of sp³-hybridized carbons (Fsp3) is 0.727. The van der Waals surface area contributed by atoms with Crippen LogP contribution in [0.2, 0.25) is 0 Å². The average molecular weight is 210 g/mol. The van der Waals surface area contributed by atoms with Gasteiger partial charge < -0.3 is 14.8 Å². The number of nitrogens with zero attached hydrogens (tertiary/aromatic N) is 3.